The lowest BCUT2D eigenvalue weighted by Crippen LogP contribution is -2.58. The Morgan fingerprint density at radius 3 is 2.53 bits per heavy atom. The van der Waals surface area contributed by atoms with Gasteiger partial charge in [0.15, 0.2) is 0 Å². The van der Waals surface area contributed by atoms with Gasteiger partial charge in [-0.1, -0.05) is 37.8 Å². The third-order valence-electron chi connectivity index (χ3n) is 6.70. The van der Waals surface area contributed by atoms with Crippen LogP contribution in [0.4, 0.5) is 0 Å². The molecule has 0 unspecified atom stereocenters. The number of aliphatic imine (C=N–C) groups is 1. The molecule has 1 saturated heterocycles. The number of fused-ring (bicyclic) bond motifs is 1. The molecular formula is C22H32N4O3S. The summed E-state index contributed by atoms with van der Waals surface area (Å²) in [5.41, 5.74) is 0.685. The monoisotopic (exact) mass is 432 g/mol. The quantitative estimate of drug-likeness (QED) is 0.722. The number of sulfonamides is 1. The molecule has 2 aliphatic heterocycles. The summed E-state index contributed by atoms with van der Waals surface area (Å²) in [6.07, 6.45) is 10.2. The van der Waals surface area contributed by atoms with Crippen molar-refractivity contribution in [3.63, 3.8) is 0 Å². The molecule has 164 valence electrons. The third kappa shape index (κ3) is 4.54. The Hall–Kier alpha value is -1.93. The van der Waals surface area contributed by atoms with Crippen molar-refractivity contribution in [1.82, 2.24) is 14.9 Å². The Morgan fingerprint density at radius 1 is 1.07 bits per heavy atom. The second-order valence-electron chi connectivity index (χ2n) is 8.69. The molecule has 30 heavy (non-hydrogen) atoms. The summed E-state index contributed by atoms with van der Waals surface area (Å²) < 4.78 is 26.8. The Morgan fingerprint density at radius 2 is 1.77 bits per heavy atom. The minimum absolute atomic E-state index is 0.0181. The number of likely N-dealkylation sites (tertiary alicyclic amines) is 1. The molecule has 8 heteroatoms. The summed E-state index contributed by atoms with van der Waals surface area (Å²) in [6.45, 7) is 3.25. The first-order valence-electron chi connectivity index (χ1n) is 11.2. The molecule has 2 N–H and O–H groups in total. The molecule has 1 aromatic rings. The van der Waals surface area contributed by atoms with Crippen LogP contribution in [0.3, 0.4) is 0 Å². The molecule has 1 saturated carbocycles. The largest absolute Gasteiger partial charge is 0.354 e. The molecular weight excluding hydrogens is 400 g/mol. The molecule has 4 rings (SSSR count). The second kappa shape index (κ2) is 9.06. The van der Waals surface area contributed by atoms with Crippen molar-refractivity contribution in [3.8, 4) is 0 Å². The van der Waals surface area contributed by atoms with E-state index in [4.69, 9.17) is 0 Å². The fourth-order valence-electron chi connectivity index (χ4n) is 5.05. The van der Waals surface area contributed by atoms with E-state index in [0.29, 0.717) is 17.9 Å². The van der Waals surface area contributed by atoms with E-state index < -0.39 is 10.0 Å². The molecule has 0 spiro atoms. The fourth-order valence-corrected chi connectivity index (χ4v) is 6.31. The number of hydrogen-bond donors (Lipinski definition) is 2. The van der Waals surface area contributed by atoms with Gasteiger partial charge in [0.1, 0.15) is 5.84 Å². The van der Waals surface area contributed by atoms with Gasteiger partial charge in [0.05, 0.1) is 11.4 Å². The van der Waals surface area contributed by atoms with Crippen LogP contribution in [-0.4, -0.2) is 56.8 Å². The fraction of sp³-hybridized carbons (Fsp3) is 0.636. The van der Waals surface area contributed by atoms with Crippen LogP contribution in [0, 0.1) is 0 Å². The second-order valence-corrected chi connectivity index (χ2v) is 10.3. The third-order valence-corrected chi connectivity index (χ3v) is 8.09. The maximum absolute atomic E-state index is 12.5. The minimum atomic E-state index is -3.54. The molecule has 1 aromatic carbocycles. The number of carbonyl (C=O) groups excluding carboxylic acids is 1. The normalized spacial score (nSPS) is 24.2. The maximum Gasteiger partial charge on any atom is 0.263 e. The van der Waals surface area contributed by atoms with E-state index in [1.54, 1.807) is 24.3 Å². The Kier molecular flexibility index (Phi) is 6.43. The van der Waals surface area contributed by atoms with Gasteiger partial charge in [-0.2, -0.15) is 0 Å². The Labute approximate surface area is 179 Å². The van der Waals surface area contributed by atoms with E-state index in [2.05, 4.69) is 19.9 Å². The molecule has 2 fully saturated rings. The van der Waals surface area contributed by atoms with E-state index >= 15 is 0 Å². The standard InChI is InChI=1S/C22H32N4O3S/c27-20(11-14-23-21-18-9-3-4-10-19(18)30(28,29)25-21)24-17-22(12-5-1-6-13-22)26-15-7-2-8-16-26/h3-4,9-10H,1-2,5-8,11-17H2,(H,23,25)(H,24,27). The van der Waals surface area contributed by atoms with Crippen molar-refractivity contribution >= 4 is 21.8 Å². The van der Waals surface area contributed by atoms with Crippen molar-refractivity contribution in [2.24, 2.45) is 4.99 Å². The Balaban J connectivity index is 1.33. The van der Waals surface area contributed by atoms with Crippen molar-refractivity contribution in [2.75, 3.05) is 26.2 Å². The van der Waals surface area contributed by atoms with Gasteiger partial charge in [0.25, 0.3) is 10.0 Å². The van der Waals surface area contributed by atoms with Gasteiger partial charge in [-0.25, -0.2) is 8.42 Å². The van der Waals surface area contributed by atoms with Gasteiger partial charge >= 0.3 is 0 Å². The first-order chi connectivity index (χ1) is 14.5. The number of nitrogens with zero attached hydrogens (tertiary/aromatic N) is 2. The number of carbonyl (C=O) groups is 1. The van der Waals surface area contributed by atoms with Crippen LogP contribution in [0.25, 0.3) is 0 Å². The Bertz CT molecular complexity index is 901. The molecule has 3 aliphatic rings. The molecule has 7 nitrogen and oxygen atoms in total. The molecule has 0 atom stereocenters. The first-order valence-corrected chi connectivity index (χ1v) is 12.7. The topological polar surface area (TPSA) is 90.9 Å². The lowest BCUT2D eigenvalue weighted by atomic mass is 9.79. The highest BCUT2D eigenvalue weighted by atomic mass is 32.2. The van der Waals surface area contributed by atoms with Gasteiger partial charge in [-0.05, 0) is 50.9 Å². The zero-order valence-corrected chi connectivity index (χ0v) is 18.3. The molecule has 2 heterocycles. The van der Waals surface area contributed by atoms with Crippen molar-refractivity contribution in [3.05, 3.63) is 29.8 Å². The average Bonchev–Trinajstić information content (AvgIpc) is 3.04. The van der Waals surface area contributed by atoms with Gasteiger partial charge in [-0.3, -0.25) is 19.4 Å². The van der Waals surface area contributed by atoms with Gasteiger partial charge < -0.3 is 5.32 Å². The van der Waals surface area contributed by atoms with Crippen LogP contribution in [0.1, 0.15) is 63.4 Å². The van der Waals surface area contributed by atoms with Crippen LogP contribution >= 0.6 is 0 Å². The molecule has 0 radical (unpaired) electrons. The van der Waals surface area contributed by atoms with E-state index in [1.165, 1.54) is 38.5 Å². The van der Waals surface area contributed by atoms with Crippen LogP contribution in [0.2, 0.25) is 0 Å². The molecule has 0 aromatic heterocycles. The molecule has 1 aliphatic carbocycles. The zero-order valence-electron chi connectivity index (χ0n) is 17.5. The molecule has 0 bridgehead atoms. The van der Waals surface area contributed by atoms with E-state index in [0.717, 1.165) is 25.9 Å². The highest BCUT2D eigenvalue weighted by Crippen LogP contribution is 2.35. The number of rotatable bonds is 6. The van der Waals surface area contributed by atoms with Gasteiger partial charge in [0.2, 0.25) is 5.91 Å². The first kappa shape index (κ1) is 21.3. The predicted molar refractivity (Wildman–Crippen MR) is 117 cm³/mol. The zero-order chi connectivity index (χ0) is 21.0. The number of amidine groups is 1. The minimum Gasteiger partial charge on any atom is -0.354 e. The maximum atomic E-state index is 12.5. The van der Waals surface area contributed by atoms with Crippen LogP contribution in [0.15, 0.2) is 34.2 Å². The van der Waals surface area contributed by atoms with Crippen LogP contribution < -0.4 is 10.0 Å². The van der Waals surface area contributed by atoms with E-state index in [1.807, 2.05) is 0 Å². The lowest BCUT2D eigenvalue weighted by Gasteiger charge is -2.48. The summed E-state index contributed by atoms with van der Waals surface area (Å²) in [7, 11) is -3.54. The number of piperidine rings is 1. The highest BCUT2D eigenvalue weighted by Gasteiger charge is 2.38. The summed E-state index contributed by atoms with van der Waals surface area (Å²) in [5.74, 6) is 0.311. The number of hydrogen-bond acceptors (Lipinski definition) is 5. The average molecular weight is 433 g/mol. The summed E-state index contributed by atoms with van der Waals surface area (Å²) in [6, 6.07) is 6.78. The van der Waals surface area contributed by atoms with E-state index in [-0.39, 0.29) is 29.3 Å². The van der Waals surface area contributed by atoms with Crippen LogP contribution in [-0.2, 0) is 14.8 Å². The van der Waals surface area contributed by atoms with Crippen LogP contribution in [0.5, 0.6) is 0 Å². The number of nitrogens with one attached hydrogen (secondary N) is 2. The SMILES string of the molecule is O=C(CCN=C1NS(=O)(=O)c2ccccc21)NCC1(N2CCCCC2)CCCCC1. The molecule has 1 amide bonds. The number of benzene rings is 1. The van der Waals surface area contributed by atoms with Crippen molar-refractivity contribution in [1.29, 1.82) is 0 Å². The summed E-state index contributed by atoms with van der Waals surface area (Å²) in [4.78, 5) is 19.7. The van der Waals surface area contributed by atoms with Crippen molar-refractivity contribution in [2.45, 2.75) is 68.2 Å². The lowest BCUT2D eigenvalue weighted by molar-refractivity contribution is -0.121. The van der Waals surface area contributed by atoms with Gasteiger partial charge in [-0.15, -0.1) is 0 Å². The van der Waals surface area contributed by atoms with E-state index in [9.17, 15) is 13.2 Å². The highest BCUT2D eigenvalue weighted by molar-refractivity contribution is 7.90. The van der Waals surface area contributed by atoms with Crippen molar-refractivity contribution < 1.29 is 13.2 Å². The smallest absolute Gasteiger partial charge is 0.263 e. The summed E-state index contributed by atoms with van der Waals surface area (Å²) in [5, 5.41) is 3.16. The summed E-state index contributed by atoms with van der Waals surface area (Å²) >= 11 is 0. The predicted octanol–water partition coefficient (Wildman–Crippen LogP) is 2.42. The van der Waals surface area contributed by atoms with Gasteiger partial charge in [0, 0.05) is 24.1 Å². The number of amides is 1.